The van der Waals surface area contributed by atoms with Crippen molar-refractivity contribution < 1.29 is 9.26 Å². The molecule has 0 saturated heterocycles. The number of hydrogen-bond donors (Lipinski definition) is 0. The van der Waals surface area contributed by atoms with Gasteiger partial charge in [-0.1, -0.05) is 16.8 Å². The van der Waals surface area contributed by atoms with E-state index in [1.165, 1.54) is 0 Å². The zero-order chi connectivity index (χ0) is 11.5. The molecule has 16 heavy (non-hydrogen) atoms. The predicted octanol–water partition coefficient (Wildman–Crippen LogP) is 3.14. The summed E-state index contributed by atoms with van der Waals surface area (Å²) in [5.74, 6) is 1.59. The molecular weight excluding hydrogens is 251 g/mol. The fraction of sp³-hybridized carbons (Fsp3) is 0.200. The molecule has 84 valence electrons. The van der Waals surface area contributed by atoms with Crippen molar-refractivity contribution in [3.8, 4) is 17.2 Å². The van der Waals surface area contributed by atoms with Gasteiger partial charge >= 0.3 is 0 Å². The molecule has 0 amide bonds. The summed E-state index contributed by atoms with van der Waals surface area (Å²) < 4.78 is 10.2. The average Bonchev–Trinajstić information content (AvgIpc) is 2.77. The largest absolute Gasteiger partial charge is 0.496 e. The minimum absolute atomic E-state index is 0.201. The number of benzene rings is 1. The van der Waals surface area contributed by atoms with Gasteiger partial charge in [0, 0.05) is 5.02 Å². The normalized spacial score (nSPS) is 10.4. The van der Waals surface area contributed by atoms with Crippen LogP contribution in [0, 0.1) is 0 Å². The van der Waals surface area contributed by atoms with Crippen molar-refractivity contribution in [2.24, 2.45) is 0 Å². The number of nitrogens with zero attached hydrogens (tertiary/aromatic N) is 2. The third kappa shape index (κ3) is 2.13. The van der Waals surface area contributed by atoms with Crippen LogP contribution < -0.4 is 4.74 Å². The van der Waals surface area contributed by atoms with Gasteiger partial charge in [-0.05, 0) is 18.2 Å². The smallest absolute Gasteiger partial charge is 0.261 e. The highest BCUT2D eigenvalue weighted by Gasteiger charge is 2.13. The summed E-state index contributed by atoms with van der Waals surface area (Å²) in [4.78, 5) is 4.10. The quantitative estimate of drug-likeness (QED) is 0.794. The van der Waals surface area contributed by atoms with Crippen LogP contribution >= 0.6 is 23.2 Å². The summed E-state index contributed by atoms with van der Waals surface area (Å²) in [7, 11) is 1.56. The third-order valence-electron chi connectivity index (χ3n) is 1.98. The number of hydrogen-bond acceptors (Lipinski definition) is 4. The van der Waals surface area contributed by atoms with Gasteiger partial charge in [0.05, 0.1) is 18.6 Å². The van der Waals surface area contributed by atoms with Crippen LogP contribution in [0.25, 0.3) is 11.5 Å². The van der Waals surface area contributed by atoms with Crippen LogP contribution in [0.3, 0.4) is 0 Å². The fourth-order valence-electron chi connectivity index (χ4n) is 1.26. The lowest BCUT2D eigenvalue weighted by Gasteiger charge is -2.04. The van der Waals surface area contributed by atoms with Crippen molar-refractivity contribution in [3.63, 3.8) is 0 Å². The Labute approximate surface area is 102 Å². The topological polar surface area (TPSA) is 48.2 Å². The summed E-state index contributed by atoms with van der Waals surface area (Å²) in [5, 5.41) is 4.27. The summed E-state index contributed by atoms with van der Waals surface area (Å²) >= 11 is 11.5. The number of methoxy groups -OCH3 is 1. The van der Waals surface area contributed by atoms with Gasteiger partial charge in [-0.3, -0.25) is 0 Å². The molecule has 1 aromatic heterocycles. The maximum atomic E-state index is 5.89. The van der Waals surface area contributed by atoms with E-state index in [1.807, 2.05) is 0 Å². The van der Waals surface area contributed by atoms with E-state index in [9.17, 15) is 0 Å². The fourth-order valence-corrected chi connectivity index (χ4v) is 1.55. The molecule has 0 bridgehead atoms. The van der Waals surface area contributed by atoms with Crippen LogP contribution in [0.2, 0.25) is 5.02 Å². The molecule has 0 aliphatic heterocycles. The summed E-state index contributed by atoms with van der Waals surface area (Å²) in [6.07, 6.45) is 0. The Hall–Kier alpha value is -1.26. The minimum Gasteiger partial charge on any atom is -0.496 e. The molecule has 0 unspecified atom stereocenters. The molecule has 6 heteroatoms. The molecule has 0 aliphatic rings. The number of halogens is 2. The SMILES string of the molecule is COc1ccc(Cl)cc1-c1nc(CCl)no1. The Balaban J connectivity index is 2.49. The van der Waals surface area contributed by atoms with Crippen molar-refractivity contribution in [1.82, 2.24) is 10.1 Å². The number of ether oxygens (including phenoxy) is 1. The molecule has 0 N–H and O–H groups in total. The second kappa shape index (κ2) is 4.72. The van der Waals surface area contributed by atoms with E-state index in [2.05, 4.69) is 10.1 Å². The van der Waals surface area contributed by atoms with Crippen molar-refractivity contribution >= 4 is 23.2 Å². The summed E-state index contributed by atoms with van der Waals surface area (Å²) in [6, 6.07) is 5.16. The zero-order valence-electron chi connectivity index (χ0n) is 8.41. The Morgan fingerprint density at radius 2 is 2.25 bits per heavy atom. The Morgan fingerprint density at radius 3 is 2.88 bits per heavy atom. The highest BCUT2D eigenvalue weighted by molar-refractivity contribution is 6.30. The lowest BCUT2D eigenvalue weighted by Crippen LogP contribution is -1.88. The van der Waals surface area contributed by atoms with Crippen LogP contribution in [0.1, 0.15) is 5.82 Å². The average molecular weight is 259 g/mol. The van der Waals surface area contributed by atoms with Gasteiger partial charge in [-0.15, -0.1) is 11.6 Å². The Kier molecular flexibility index (Phi) is 3.31. The van der Waals surface area contributed by atoms with Gasteiger partial charge in [-0.2, -0.15) is 4.98 Å². The van der Waals surface area contributed by atoms with E-state index in [0.717, 1.165) is 0 Å². The molecule has 2 rings (SSSR count). The maximum absolute atomic E-state index is 5.89. The highest BCUT2D eigenvalue weighted by Crippen LogP contribution is 2.31. The molecule has 0 atom stereocenters. The molecule has 0 radical (unpaired) electrons. The van der Waals surface area contributed by atoms with E-state index in [1.54, 1.807) is 25.3 Å². The van der Waals surface area contributed by atoms with E-state index >= 15 is 0 Å². The maximum Gasteiger partial charge on any atom is 0.261 e. The Bertz CT molecular complexity index is 499. The van der Waals surface area contributed by atoms with Crippen LogP contribution in [0.15, 0.2) is 22.7 Å². The number of alkyl halides is 1. The van der Waals surface area contributed by atoms with Crippen molar-refractivity contribution in [3.05, 3.63) is 29.0 Å². The van der Waals surface area contributed by atoms with Gasteiger partial charge in [0.25, 0.3) is 5.89 Å². The Morgan fingerprint density at radius 1 is 1.44 bits per heavy atom. The van der Waals surface area contributed by atoms with E-state index < -0.39 is 0 Å². The molecule has 0 fully saturated rings. The molecule has 4 nitrogen and oxygen atoms in total. The number of aromatic nitrogens is 2. The first kappa shape index (κ1) is 11.2. The monoisotopic (exact) mass is 258 g/mol. The first-order valence-electron chi connectivity index (χ1n) is 4.47. The van der Waals surface area contributed by atoms with E-state index in [4.69, 9.17) is 32.5 Å². The van der Waals surface area contributed by atoms with E-state index in [0.29, 0.717) is 28.1 Å². The molecule has 0 aliphatic carbocycles. The first-order valence-corrected chi connectivity index (χ1v) is 5.38. The van der Waals surface area contributed by atoms with Gasteiger partial charge in [0.1, 0.15) is 5.75 Å². The molecule has 0 spiro atoms. The number of rotatable bonds is 3. The van der Waals surface area contributed by atoms with Gasteiger partial charge in [0.15, 0.2) is 5.82 Å². The van der Waals surface area contributed by atoms with Crippen LogP contribution in [0.4, 0.5) is 0 Å². The van der Waals surface area contributed by atoms with Crippen molar-refractivity contribution in [2.45, 2.75) is 5.88 Å². The molecular formula is C10H8Cl2N2O2. The molecule has 2 aromatic rings. The van der Waals surface area contributed by atoms with Crippen LogP contribution in [-0.2, 0) is 5.88 Å². The first-order chi connectivity index (χ1) is 7.74. The lowest BCUT2D eigenvalue weighted by molar-refractivity contribution is 0.403. The van der Waals surface area contributed by atoms with E-state index in [-0.39, 0.29) is 5.88 Å². The predicted molar refractivity (Wildman–Crippen MR) is 60.9 cm³/mol. The zero-order valence-corrected chi connectivity index (χ0v) is 9.92. The second-order valence-electron chi connectivity index (χ2n) is 2.99. The highest BCUT2D eigenvalue weighted by atomic mass is 35.5. The van der Waals surface area contributed by atoms with Gasteiger partial charge < -0.3 is 9.26 Å². The van der Waals surface area contributed by atoms with Crippen LogP contribution in [-0.4, -0.2) is 17.3 Å². The van der Waals surface area contributed by atoms with Gasteiger partial charge in [-0.25, -0.2) is 0 Å². The third-order valence-corrected chi connectivity index (χ3v) is 2.45. The van der Waals surface area contributed by atoms with Crippen LogP contribution in [0.5, 0.6) is 5.75 Å². The van der Waals surface area contributed by atoms with Crippen molar-refractivity contribution in [2.75, 3.05) is 7.11 Å². The standard InChI is InChI=1S/C10H8Cl2N2O2/c1-15-8-3-2-6(12)4-7(8)10-13-9(5-11)14-16-10/h2-4H,5H2,1H3. The van der Waals surface area contributed by atoms with Crippen molar-refractivity contribution in [1.29, 1.82) is 0 Å². The lowest BCUT2D eigenvalue weighted by atomic mass is 10.2. The molecule has 1 aromatic carbocycles. The second-order valence-corrected chi connectivity index (χ2v) is 3.70. The summed E-state index contributed by atoms with van der Waals surface area (Å²) in [5.41, 5.74) is 0.652. The molecule has 0 saturated carbocycles. The minimum atomic E-state index is 0.201. The molecule has 1 heterocycles. The van der Waals surface area contributed by atoms with Gasteiger partial charge in [0.2, 0.25) is 0 Å². The summed E-state index contributed by atoms with van der Waals surface area (Å²) in [6.45, 7) is 0.